The monoisotopic (exact) mass is 531 g/mol. The summed E-state index contributed by atoms with van der Waals surface area (Å²) in [4.78, 5) is 4.68. The van der Waals surface area contributed by atoms with E-state index < -0.39 is 18.5 Å². The highest BCUT2D eigenvalue weighted by atomic mass is 19.1. The van der Waals surface area contributed by atoms with Crippen LogP contribution in [-0.2, 0) is 12.0 Å². The molecule has 0 aliphatic carbocycles. The molecule has 204 valence electrons. The number of nitrogens with zero attached hydrogens (tertiary/aromatic N) is 1. The van der Waals surface area contributed by atoms with Crippen LogP contribution in [0.4, 0.5) is 4.39 Å². The van der Waals surface area contributed by atoms with Gasteiger partial charge >= 0.3 is 0 Å². The number of pyridine rings is 1. The fourth-order valence-electron chi connectivity index (χ4n) is 4.18. The third-order valence-corrected chi connectivity index (χ3v) is 6.35. The van der Waals surface area contributed by atoms with Crippen LogP contribution in [0.2, 0.25) is 0 Å². The molecule has 0 bridgehead atoms. The van der Waals surface area contributed by atoms with Crippen molar-refractivity contribution < 1.29 is 28.8 Å². The van der Waals surface area contributed by atoms with Crippen molar-refractivity contribution in [3.05, 3.63) is 101 Å². The normalized spacial score (nSPS) is 12.2. The first-order valence-corrected chi connectivity index (χ1v) is 12.7. The van der Waals surface area contributed by atoms with Gasteiger partial charge in [-0.1, -0.05) is 57.2 Å². The molecule has 0 spiro atoms. The SMILES string of the molecule is COc1cc(F)ccc1Oc1cc(C(C)(C)C)cc(C)c1-c1cc(OCc2ccccc2)cc(C(O)CO)n1. The van der Waals surface area contributed by atoms with Crippen molar-refractivity contribution in [3.63, 3.8) is 0 Å². The van der Waals surface area contributed by atoms with Gasteiger partial charge in [0.25, 0.3) is 0 Å². The van der Waals surface area contributed by atoms with Gasteiger partial charge in [-0.05, 0) is 47.2 Å². The van der Waals surface area contributed by atoms with Crippen molar-refractivity contribution in [2.75, 3.05) is 13.7 Å². The van der Waals surface area contributed by atoms with Crippen molar-refractivity contribution in [3.8, 4) is 34.3 Å². The van der Waals surface area contributed by atoms with Crippen molar-refractivity contribution in [2.24, 2.45) is 0 Å². The standard InChI is InChI=1S/C32H34FNO5/c1-20-13-22(32(2,3)4)14-30(39-28-12-11-23(33)15-29(28)37-5)31(20)26-17-24(16-25(34-26)27(36)18-35)38-19-21-9-7-6-8-10-21/h6-17,27,35-36H,18-19H2,1-5H3. The number of aliphatic hydroxyl groups excluding tert-OH is 2. The third kappa shape index (κ3) is 6.74. The van der Waals surface area contributed by atoms with E-state index in [4.69, 9.17) is 14.2 Å². The number of rotatable bonds is 9. The molecule has 1 aromatic heterocycles. The molecule has 0 saturated carbocycles. The van der Waals surface area contributed by atoms with Crippen molar-refractivity contribution >= 4 is 0 Å². The summed E-state index contributed by atoms with van der Waals surface area (Å²) < 4.78 is 31.7. The topological polar surface area (TPSA) is 81.0 Å². The first kappa shape index (κ1) is 28.1. The molecule has 1 heterocycles. The Balaban J connectivity index is 1.86. The van der Waals surface area contributed by atoms with E-state index in [1.54, 1.807) is 12.1 Å². The Morgan fingerprint density at radius 2 is 1.67 bits per heavy atom. The lowest BCUT2D eigenvalue weighted by molar-refractivity contribution is 0.0920. The molecule has 0 radical (unpaired) electrons. The highest BCUT2D eigenvalue weighted by molar-refractivity contribution is 5.74. The minimum absolute atomic E-state index is 0.180. The quantitative estimate of drug-likeness (QED) is 0.245. The van der Waals surface area contributed by atoms with Gasteiger partial charge in [-0.2, -0.15) is 0 Å². The second kappa shape index (κ2) is 11.8. The van der Waals surface area contributed by atoms with E-state index in [0.29, 0.717) is 35.1 Å². The number of benzene rings is 3. The number of aryl methyl sites for hydroxylation is 1. The van der Waals surface area contributed by atoms with E-state index in [1.165, 1.54) is 25.3 Å². The molecule has 6 nitrogen and oxygen atoms in total. The number of aromatic nitrogens is 1. The number of methoxy groups -OCH3 is 1. The maximum Gasteiger partial charge on any atom is 0.169 e. The molecule has 0 saturated heterocycles. The summed E-state index contributed by atoms with van der Waals surface area (Å²) in [6.07, 6.45) is -1.19. The lowest BCUT2D eigenvalue weighted by Crippen LogP contribution is -2.12. The molecule has 0 amide bonds. The highest BCUT2D eigenvalue weighted by Gasteiger charge is 2.23. The van der Waals surface area contributed by atoms with Crippen LogP contribution in [0.1, 0.15) is 49.3 Å². The molecule has 4 rings (SSSR count). The molecule has 3 aromatic carbocycles. The summed E-state index contributed by atoms with van der Waals surface area (Å²) in [6, 6.07) is 21.2. The zero-order chi connectivity index (χ0) is 28.2. The molecule has 39 heavy (non-hydrogen) atoms. The van der Waals surface area contributed by atoms with Crippen molar-refractivity contribution in [1.82, 2.24) is 4.98 Å². The predicted molar refractivity (Wildman–Crippen MR) is 149 cm³/mol. The first-order chi connectivity index (χ1) is 18.6. The zero-order valence-electron chi connectivity index (χ0n) is 22.9. The van der Waals surface area contributed by atoms with E-state index in [-0.39, 0.29) is 16.9 Å². The highest BCUT2D eigenvalue weighted by Crippen LogP contribution is 2.42. The fourth-order valence-corrected chi connectivity index (χ4v) is 4.18. The molecule has 0 fully saturated rings. The molecule has 0 aliphatic heterocycles. The average molecular weight is 532 g/mol. The lowest BCUT2D eigenvalue weighted by atomic mass is 9.84. The van der Waals surface area contributed by atoms with E-state index in [1.807, 2.05) is 43.3 Å². The van der Waals surface area contributed by atoms with Gasteiger partial charge in [0.15, 0.2) is 11.5 Å². The summed E-state index contributed by atoms with van der Waals surface area (Å²) >= 11 is 0. The number of hydrogen-bond donors (Lipinski definition) is 2. The van der Waals surface area contributed by atoms with Crippen LogP contribution in [0.5, 0.6) is 23.0 Å². The average Bonchev–Trinajstić information content (AvgIpc) is 2.92. The third-order valence-electron chi connectivity index (χ3n) is 6.35. The van der Waals surface area contributed by atoms with Gasteiger partial charge in [-0.15, -0.1) is 0 Å². The lowest BCUT2D eigenvalue weighted by Gasteiger charge is -2.24. The van der Waals surface area contributed by atoms with Gasteiger partial charge < -0.3 is 24.4 Å². The van der Waals surface area contributed by atoms with E-state index in [0.717, 1.165) is 16.7 Å². The maximum absolute atomic E-state index is 13.9. The summed E-state index contributed by atoms with van der Waals surface area (Å²) in [7, 11) is 1.46. The number of hydrogen-bond acceptors (Lipinski definition) is 6. The van der Waals surface area contributed by atoms with Crippen LogP contribution in [0.25, 0.3) is 11.3 Å². The molecule has 4 aromatic rings. The fraction of sp³-hybridized carbons (Fsp3) is 0.281. The summed E-state index contributed by atoms with van der Waals surface area (Å²) in [6.45, 7) is 8.10. The Hall–Kier alpha value is -3.94. The Bertz CT molecular complexity index is 1430. The van der Waals surface area contributed by atoms with Crippen molar-refractivity contribution in [1.29, 1.82) is 0 Å². The molecule has 1 atom stereocenters. The Kier molecular flexibility index (Phi) is 8.53. The first-order valence-electron chi connectivity index (χ1n) is 12.7. The van der Waals surface area contributed by atoms with Gasteiger partial charge in [0.1, 0.15) is 30.0 Å². The smallest absolute Gasteiger partial charge is 0.169 e. The minimum Gasteiger partial charge on any atom is -0.493 e. The Morgan fingerprint density at radius 1 is 0.923 bits per heavy atom. The second-order valence-electron chi connectivity index (χ2n) is 10.4. The number of ether oxygens (including phenoxy) is 3. The zero-order valence-corrected chi connectivity index (χ0v) is 22.9. The Morgan fingerprint density at radius 3 is 2.33 bits per heavy atom. The van der Waals surface area contributed by atoms with Gasteiger partial charge in [-0.25, -0.2) is 9.37 Å². The van der Waals surface area contributed by atoms with Crippen LogP contribution in [0.15, 0.2) is 72.8 Å². The number of aliphatic hydroxyl groups is 2. The van der Waals surface area contributed by atoms with Crippen LogP contribution in [0.3, 0.4) is 0 Å². The largest absolute Gasteiger partial charge is 0.493 e. The van der Waals surface area contributed by atoms with Gasteiger partial charge in [0.2, 0.25) is 0 Å². The van der Waals surface area contributed by atoms with E-state index >= 15 is 0 Å². The molecular weight excluding hydrogens is 497 g/mol. The summed E-state index contributed by atoms with van der Waals surface area (Å²) in [5, 5.41) is 20.1. The summed E-state index contributed by atoms with van der Waals surface area (Å²) in [5.74, 6) is 1.13. The van der Waals surface area contributed by atoms with Crippen LogP contribution in [-0.4, -0.2) is 28.9 Å². The van der Waals surface area contributed by atoms with Gasteiger partial charge in [-0.3, -0.25) is 0 Å². The molecule has 2 N–H and O–H groups in total. The van der Waals surface area contributed by atoms with Crippen LogP contribution < -0.4 is 14.2 Å². The number of halogens is 1. The molecule has 7 heteroatoms. The van der Waals surface area contributed by atoms with Crippen LogP contribution >= 0.6 is 0 Å². The molecule has 1 unspecified atom stereocenters. The molecular formula is C32H34FNO5. The van der Waals surface area contributed by atoms with Gasteiger partial charge in [0.05, 0.1) is 25.1 Å². The predicted octanol–water partition coefficient (Wildman–Crippen LogP) is 6.90. The van der Waals surface area contributed by atoms with Crippen molar-refractivity contribution in [2.45, 2.75) is 45.8 Å². The summed E-state index contributed by atoms with van der Waals surface area (Å²) in [5.41, 5.74) is 4.16. The van der Waals surface area contributed by atoms with E-state index in [2.05, 4.69) is 31.8 Å². The van der Waals surface area contributed by atoms with Gasteiger partial charge in [0, 0.05) is 23.8 Å². The van der Waals surface area contributed by atoms with E-state index in [9.17, 15) is 14.6 Å². The molecule has 0 aliphatic rings. The second-order valence-corrected chi connectivity index (χ2v) is 10.4. The van der Waals surface area contributed by atoms with Crippen LogP contribution in [0, 0.1) is 12.7 Å². The minimum atomic E-state index is -1.19. The maximum atomic E-state index is 13.9. The Labute approximate surface area is 228 Å².